The minimum atomic E-state index is -0.666. The van der Waals surface area contributed by atoms with Gasteiger partial charge in [-0.2, -0.15) is 0 Å². The molecule has 7 aliphatic rings. The lowest BCUT2D eigenvalue weighted by Gasteiger charge is -2.41. The molecule has 2 amide bonds. The van der Waals surface area contributed by atoms with Crippen LogP contribution in [0.2, 0.25) is 0 Å². The number of epoxide rings is 1. The molecule has 70 heavy (non-hydrogen) atoms. The van der Waals surface area contributed by atoms with Crippen LogP contribution in [-0.4, -0.2) is 122 Å². The number of hydrogen-bond donors (Lipinski definition) is 4. The van der Waals surface area contributed by atoms with Crippen LogP contribution in [0.15, 0.2) is 97.1 Å². The van der Waals surface area contributed by atoms with Gasteiger partial charge in [-0.25, -0.2) is 17.6 Å². The summed E-state index contributed by atoms with van der Waals surface area (Å²) in [6, 6.07) is 23.8. The minimum Gasteiger partial charge on any atom is -0.392 e. The molecule has 14 heteroatoms. The molecule has 10 nitrogen and oxygen atoms in total. The van der Waals surface area contributed by atoms with Gasteiger partial charge in [-0.15, -0.1) is 0 Å². The molecule has 4 aromatic carbocycles. The fraction of sp³-hybridized carbons (Fsp3) is 0.464. The average Bonchev–Trinajstić information content (AvgIpc) is 4.09. The largest absolute Gasteiger partial charge is 0.392 e. The fourth-order valence-electron chi connectivity index (χ4n) is 11.5. The van der Waals surface area contributed by atoms with E-state index < -0.39 is 29.4 Å². The van der Waals surface area contributed by atoms with Crippen molar-refractivity contribution in [1.29, 1.82) is 0 Å². The number of aliphatic hydroxyl groups is 1. The van der Waals surface area contributed by atoms with E-state index >= 15 is 0 Å². The molecule has 0 unspecified atom stereocenters. The van der Waals surface area contributed by atoms with Crippen molar-refractivity contribution in [2.75, 3.05) is 89.2 Å². The third kappa shape index (κ3) is 12.1. The maximum Gasteiger partial charge on any atom is 0.246 e. The lowest BCUT2D eigenvalue weighted by Crippen LogP contribution is -2.48. The number of carbonyl (C=O) groups excluding carboxylic acids is 2. The Morgan fingerprint density at radius 2 is 1.09 bits per heavy atom. The molecule has 0 radical (unpaired) electrons. The number of piperidine rings is 4. The Morgan fingerprint density at radius 1 is 0.643 bits per heavy atom. The summed E-state index contributed by atoms with van der Waals surface area (Å²) in [5.74, 6) is -2.18. The van der Waals surface area contributed by atoms with E-state index in [4.69, 9.17) is 4.74 Å². The van der Waals surface area contributed by atoms with Crippen molar-refractivity contribution in [2.24, 2.45) is 11.8 Å². The number of anilines is 2. The topological polar surface area (TPSA) is 113 Å². The smallest absolute Gasteiger partial charge is 0.246 e. The van der Waals surface area contributed by atoms with Crippen LogP contribution in [0.25, 0.3) is 12.2 Å². The number of para-hydroxylation sites is 2. The Hall–Kier alpha value is -5.54. The van der Waals surface area contributed by atoms with E-state index in [2.05, 4.69) is 69.4 Å². The van der Waals surface area contributed by atoms with E-state index in [0.29, 0.717) is 61.3 Å². The van der Waals surface area contributed by atoms with E-state index in [1.54, 1.807) is 15.4 Å². The van der Waals surface area contributed by atoms with Crippen LogP contribution < -0.4 is 16.0 Å². The third-order valence-corrected chi connectivity index (χ3v) is 15.8. The van der Waals surface area contributed by atoms with E-state index in [0.717, 1.165) is 96.5 Å². The molecule has 11 rings (SSSR count). The summed E-state index contributed by atoms with van der Waals surface area (Å²) < 4.78 is 58.0. The van der Waals surface area contributed by atoms with Gasteiger partial charge in [0.15, 0.2) is 0 Å². The lowest BCUT2D eigenvalue weighted by atomic mass is 9.74. The zero-order valence-electron chi connectivity index (χ0n) is 39.9. The Labute approximate surface area is 409 Å². The predicted molar refractivity (Wildman–Crippen MR) is 266 cm³/mol. The molecule has 4 N–H and O–H groups in total. The molecule has 0 aromatic heterocycles. The number of β-amino-alcohol motifs (C(OH)–C–C–N with tert-alkyl or cyclic N) is 1. The van der Waals surface area contributed by atoms with Crippen LogP contribution >= 0.6 is 0 Å². The standard InChI is InChI=1S/C28H33F2N3O2.C16H17F2NO2.C12H16N2/c29-22-15-20(16-23(30)17-22)5-6-27(35)33-11-7-21(8-12-33)26(34)18-32-13-9-28(10-14-32)19-31-25-4-2-1-3-24(25)28;17-13-7-11(8-14(18)9-13)1-2-16(20)19-5-3-12(4-6-19)15-10-21-15;1-2-4-11-10(3-1)12(9-14-11)5-7-13-8-6-12/h1-6,15-17,21,26,31,34H,7-14,18-19H2;1-2,7-9,12,15H,3-6,10H2;1-4,13-14H,5-9H2/b6-5+;2-1+;/t26-;15-;/m10./s1. The van der Waals surface area contributed by atoms with Gasteiger partial charge in [0.25, 0.3) is 0 Å². The van der Waals surface area contributed by atoms with Gasteiger partial charge in [-0.05, 0) is 160 Å². The first-order valence-electron chi connectivity index (χ1n) is 25.2. The van der Waals surface area contributed by atoms with Crippen molar-refractivity contribution in [2.45, 2.75) is 74.4 Å². The van der Waals surface area contributed by atoms with Crippen LogP contribution in [0.1, 0.15) is 73.6 Å². The van der Waals surface area contributed by atoms with Gasteiger partial charge >= 0.3 is 0 Å². The average molecular weight is 963 g/mol. The van der Waals surface area contributed by atoms with Crippen molar-refractivity contribution in [3.63, 3.8) is 0 Å². The summed E-state index contributed by atoms with van der Waals surface area (Å²) in [5.41, 5.74) is 6.92. The second kappa shape index (κ2) is 22.3. The summed E-state index contributed by atoms with van der Waals surface area (Å²) in [6.07, 6.45) is 13.8. The van der Waals surface area contributed by atoms with E-state index in [1.807, 2.05) is 0 Å². The summed E-state index contributed by atoms with van der Waals surface area (Å²) in [4.78, 5) is 30.5. The highest BCUT2D eigenvalue weighted by molar-refractivity contribution is 5.92. The van der Waals surface area contributed by atoms with Crippen molar-refractivity contribution in [1.82, 2.24) is 20.0 Å². The molecule has 7 aliphatic heterocycles. The number of fused-ring (bicyclic) bond motifs is 4. The molecule has 5 saturated heterocycles. The van der Waals surface area contributed by atoms with Crippen LogP contribution in [-0.2, 0) is 25.2 Å². The zero-order valence-corrected chi connectivity index (χ0v) is 39.9. The number of likely N-dealkylation sites (tertiary alicyclic amines) is 3. The van der Waals surface area contributed by atoms with Crippen LogP contribution in [0.4, 0.5) is 28.9 Å². The maximum absolute atomic E-state index is 13.3. The van der Waals surface area contributed by atoms with Crippen LogP contribution in [0.5, 0.6) is 0 Å². The van der Waals surface area contributed by atoms with Gasteiger partial charge in [0.1, 0.15) is 23.3 Å². The monoisotopic (exact) mass is 963 g/mol. The molecule has 7 heterocycles. The highest BCUT2D eigenvalue weighted by atomic mass is 19.1. The number of halogens is 4. The van der Waals surface area contributed by atoms with Crippen molar-refractivity contribution >= 4 is 35.3 Å². The van der Waals surface area contributed by atoms with Gasteiger partial charge < -0.3 is 40.5 Å². The molecule has 2 spiro atoms. The summed E-state index contributed by atoms with van der Waals surface area (Å²) >= 11 is 0. The summed E-state index contributed by atoms with van der Waals surface area (Å²) in [7, 11) is 0. The Balaban J connectivity index is 0.000000146. The lowest BCUT2D eigenvalue weighted by molar-refractivity contribution is -0.128. The number of carbonyl (C=O) groups is 2. The molecule has 2 atom stereocenters. The van der Waals surface area contributed by atoms with E-state index in [1.165, 1.54) is 78.3 Å². The van der Waals surface area contributed by atoms with Crippen LogP contribution in [0.3, 0.4) is 0 Å². The Morgan fingerprint density at radius 3 is 1.56 bits per heavy atom. The number of benzene rings is 4. The Bertz CT molecular complexity index is 2460. The molecule has 0 bridgehead atoms. The minimum absolute atomic E-state index is 0.116. The molecule has 372 valence electrons. The molecule has 4 aromatic rings. The number of hydrogen-bond acceptors (Lipinski definition) is 8. The molecular formula is C56H66F4N6O4. The SMILES string of the molecule is O=C(/C=C/c1cc(F)cc(F)c1)N1CCC([C@@H]2CO2)CC1.O=C(/C=C/c1cc(F)cc(F)c1)N1CCC([C@H](O)CN2CCC3(CC2)CNc2ccccc23)CC1.c1ccc2c(c1)NCC21CCNCC1. The highest BCUT2D eigenvalue weighted by Crippen LogP contribution is 2.44. The number of nitrogens with one attached hydrogen (secondary N) is 3. The number of amides is 2. The fourth-order valence-corrected chi connectivity index (χ4v) is 11.5. The second-order valence-corrected chi connectivity index (χ2v) is 20.2. The Kier molecular flexibility index (Phi) is 15.7. The van der Waals surface area contributed by atoms with Gasteiger partial charge in [-0.3, -0.25) is 9.59 Å². The third-order valence-electron chi connectivity index (χ3n) is 15.8. The molecule has 5 fully saturated rings. The number of ether oxygens (including phenoxy) is 1. The summed E-state index contributed by atoms with van der Waals surface area (Å²) in [5, 5.41) is 21.5. The van der Waals surface area contributed by atoms with E-state index in [-0.39, 0.29) is 23.1 Å². The first kappa shape index (κ1) is 49.4. The molecule has 0 aliphatic carbocycles. The number of rotatable bonds is 8. The zero-order chi connectivity index (χ0) is 48.7. The summed E-state index contributed by atoms with van der Waals surface area (Å²) in [6.45, 7) is 10.5. The number of aliphatic hydroxyl groups excluding tert-OH is 1. The first-order valence-corrected chi connectivity index (χ1v) is 25.2. The molecule has 0 saturated carbocycles. The van der Waals surface area contributed by atoms with E-state index in [9.17, 15) is 32.3 Å². The highest BCUT2D eigenvalue weighted by Gasteiger charge is 2.42. The predicted octanol–water partition coefficient (Wildman–Crippen LogP) is 8.39. The van der Waals surface area contributed by atoms with Gasteiger partial charge in [0.2, 0.25) is 11.8 Å². The molecular weight excluding hydrogens is 897 g/mol. The van der Waals surface area contributed by atoms with Gasteiger partial charge in [-0.1, -0.05) is 36.4 Å². The number of nitrogens with zero attached hydrogens (tertiary/aromatic N) is 3. The van der Waals surface area contributed by atoms with Crippen molar-refractivity contribution < 1.29 is 37.0 Å². The normalized spacial score (nSPS) is 22.1. The second-order valence-electron chi connectivity index (χ2n) is 20.2. The van der Waals surface area contributed by atoms with Gasteiger partial charge in [0.05, 0.1) is 18.8 Å². The quantitative estimate of drug-likeness (QED) is 0.0793. The maximum atomic E-state index is 13.3. The van der Waals surface area contributed by atoms with Crippen molar-refractivity contribution in [3.8, 4) is 0 Å². The van der Waals surface area contributed by atoms with Gasteiger partial charge in [0, 0.05) is 92.3 Å². The first-order chi connectivity index (χ1) is 33.9. The van der Waals surface area contributed by atoms with Crippen LogP contribution in [0, 0.1) is 35.1 Å². The van der Waals surface area contributed by atoms with Crippen molar-refractivity contribution in [3.05, 3.63) is 143 Å².